The molecular formula is C15H16FN3O3. The Balaban J connectivity index is 1.54. The van der Waals surface area contributed by atoms with Crippen LogP contribution in [0.15, 0.2) is 28.8 Å². The Kier molecular flexibility index (Phi) is 4.04. The number of aromatic nitrogens is 2. The summed E-state index contributed by atoms with van der Waals surface area (Å²) in [6.45, 7) is 2.69. The maximum Gasteiger partial charge on any atom is 0.260 e. The molecule has 1 aromatic carbocycles. The summed E-state index contributed by atoms with van der Waals surface area (Å²) in [7, 11) is 0. The number of para-hydroxylation sites is 1. The van der Waals surface area contributed by atoms with E-state index in [-0.39, 0.29) is 24.2 Å². The second kappa shape index (κ2) is 6.13. The molecule has 1 unspecified atom stereocenters. The SMILES string of the molecule is Cc1noc(C2CCN(C(=O)COc3ccccc3F)C2)n1. The summed E-state index contributed by atoms with van der Waals surface area (Å²) in [5.41, 5.74) is 0. The molecular weight excluding hydrogens is 289 g/mol. The van der Waals surface area contributed by atoms with Crippen molar-refractivity contribution in [2.75, 3.05) is 19.7 Å². The van der Waals surface area contributed by atoms with Crippen LogP contribution in [0.2, 0.25) is 0 Å². The van der Waals surface area contributed by atoms with Crippen LogP contribution in [0.25, 0.3) is 0 Å². The van der Waals surface area contributed by atoms with Gasteiger partial charge in [-0.05, 0) is 25.5 Å². The van der Waals surface area contributed by atoms with E-state index in [2.05, 4.69) is 10.1 Å². The number of ether oxygens (including phenoxy) is 1. The van der Waals surface area contributed by atoms with Gasteiger partial charge in [-0.2, -0.15) is 4.98 Å². The molecule has 1 aromatic heterocycles. The molecule has 0 radical (unpaired) electrons. The van der Waals surface area contributed by atoms with E-state index in [9.17, 15) is 9.18 Å². The molecule has 2 heterocycles. The van der Waals surface area contributed by atoms with Gasteiger partial charge in [0.05, 0.1) is 5.92 Å². The first-order chi connectivity index (χ1) is 10.6. The molecule has 2 aromatic rings. The van der Waals surface area contributed by atoms with Crippen molar-refractivity contribution < 1.29 is 18.4 Å². The second-order valence-electron chi connectivity index (χ2n) is 5.22. The van der Waals surface area contributed by atoms with Gasteiger partial charge in [0, 0.05) is 13.1 Å². The largest absolute Gasteiger partial charge is 0.481 e. The van der Waals surface area contributed by atoms with Gasteiger partial charge in [0.2, 0.25) is 5.89 Å². The first-order valence-electron chi connectivity index (χ1n) is 7.09. The van der Waals surface area contributed by atoms with Crippen molar-refractivity contribution in [1.29, 1.82) is 0 Å². The van der Waals surface area contributed by atoms with Crippen molar-refractivity contribution >= 4 is 5.91 Å². The molecule has 22 heavy (non-hydrogen) atoms. The average molecular weight is 305 g/mol. The van der Waals surface area contributed by atoms with Crippen LogP contribution in [-0.4, -0.2) is 40.6 Å². The number of likely N-dealkylation sites (tertiary alicyclic amines) is 1. The Labute approximate surface area is 126 Å². The standard InChI is InChI=1S/C15H16FN3O3/c1-10-17-15(22-18-10)11-6-7-19(8-11)14(20)9-21-13-5-3-2-4-12(13)16/h2-5,11H,6-9H2,1H3. The minimum absolute atomic E-state index is 0.0543. The van der Waals surface area contributed by atoms with Crippen molar-refractivity contribution in [2.24, 2.45) is 0 Å². The summed E-state index contributed by atoms with van der Waals surface area (Å²) < 4.78 is 23.8. The second-order valence-corrected chi connectivity index (χ2v) is 5.22. The van der Waals surface area contributed by atoms with Gasteiger partial charge in [-0.1, -0.05) is 17.3 Å². The van der Waals surface area contributed by atoms with Crippen LogP contribution in [-0.2, 0) is 4.79 Å². The predicted molar refractivity (Wildman–Crippen MR) is 74.9 cm³/mol. The zero-order chi connectivity index (χ0) is 15.5. The monoisotopic (exact) mass is 305 g/mol. The van der Waals surface area contributed by atoms with Crippen LogP contribution in [0.4, 0.5) is 4.39 Å². The van der Waals surface area contributed by atoms with E-state index in [4.69, 9.17) is 9.26 Å². The van der Waals surface area contributed by atoms with E-state index in [0.29, 0.717) is 24.8 Å². The number of aryl methyl sites for hydroxylation is 1. The lowest BCUT2D eigenvalue weighted by atomic mass is 10.1. The maximum atomic E-state index is 13.4. The van der Waals surface area contributed by atoms with Gasteiger partial charge in [-0.15, -0.1) is 0 Å². The van der Waals surface area contributed by atoms with Gasteiger partial charge in [-0.3, -0.25) is 4.79 Å². The molecule has 6 nitrogen and oxygen atoms in total. The molecule has 1 fully saturated rings. The third-order valence-corrected chi connectivity index (χ3v) is 3.62. The Morgan fingerprint density at radius 2 is 2.32 bits per heavy atom. The Morgan fingerprint density at radius 1 is 1.50 bits per heavy atom. The van der Waals surface area contributed by atoms with E-state index in [1.54, 1.807) is 24.0 Å². The molecule has 1 saturated heterocycles. The average Bonchev–Trinajstić information content (AvgIpc) is 3.15. The lowest BCUT2D eigenvalue weighted by molar-refractivity contribution is -0.132. The van der Waals surface area contributed by atoms with Gasteiger partial charge in [0.15, 0.2) is 24.0 Å². The molecule has 0 saturated carbocycles. The summed E-state index contributed by atoms with van der Waals surface area (Å²) >= 11 is 0. The van der Waals surface area contributed by atoms with Crippen LogP contribution in [0.3, 0.4) is 0 Å². The molecule has 116 valence electrons. The van der Waals surface area contributed by atoms with E-state index < -0.39 is 5.82 Å². The maximum absolute atomic E-state index is 13.4. The number of rotatable bonds is 4. The van der Waals surface area contributed by atoms with Gasteiger partial charge in [0.1, 0.15) is 0 Å². The predicted octanol–water partition coefficient (Wildman–Crippen LogP) is 1.91. The van der Waals surface area contributed by atoms with Crippen molar-refractivity contribution in [2.45, 2.75) is 19.3 Å². The summed E-state index contributed by atoms with van der Waals surface area (Å²) in [5.74, 6) is 0.626. The number of hydrogen-bond acceptors (Lipinski definition) is 5. The Hall–Kier alpha value is -2.44. The van der Waals surface area contributed by atoms with Gasteiger partial charge < -0.3 is 14.2 Å². The van der Waals surface area contributed by atoms with Gasteiger partial charge in [-0.25, -0.2) is 4.39 Å². The van der Waals surface area contributed by atoms with Crippen LogP contribution in [0.1, 0.15) is 24.1 Å². The summed E-state index contributed by atoms with van der Waals surface area (Å²) in [5, 5.41) is 3.76. The minimum atomic E-state index is -0.476. The molecule has 1 aliphatic heterocycles. The highest BCUT2D eigenvalue weighted by molar-refractivity contribution is 5.78. The van der Waals surface area contributed by atoms with Crippen molar-refractivity contribution in [3.63, 3.8) is 0 Å². The smallest absolute Gasteiger partial charge is 0.260 e. The number of benzene rings is 1. The first kappa shape index (κ1) is 14.5. The molecule has 1 amide bonds. The topological polar surface area (TPSA) is 68.5 Å². The number of nitrogens with zero attached hydrogens (tertiary/aromatic N) is 3. The minimum Gasteiger partial charge on any atom is -0.481 e. The van der Waals surface area contributed by atoms with Crippen molar-refractivity contribution in [3.05, 3.63) is 41.8 Å². The molecule has 0 aliphatic carbocycles. The molecule has 3 rings (SSSR count). The van der Waals surface area contributed by atoms with Crippen molar-refractivity contribution in [1.82, 2.24) is 15.0 Å². The fourth-order valence-corrected chi connectivity index (χ4v) is 2.46. The highest BCUT2D eigenvalue weighted by atomic mass is 19.1. The molecule has 1 aliphatic rings. The van der Waals surface area contributed by atoms with E-state index in [1.807, 2.05) is 0 Å². The van der Waals surface area contributed by atoms with Gasteiger partial charge in [0.25, 0.3) is 5.91 Å². The third kappa shape index (κ3) is 3.08. The fourth-order valence-electron chi connectivity index (χ4n) is 2.46. The lowest BCUT2D eigenvalue weighted by Crippen LogP contribution is -2.33. The number of carbonyl (C=O) groups excluding carboxylic acids is 1. The van der Waals surface area contributed by atoms with E-state index in [0.717, 1.165) is 6.42 Å². The number of hydrogen-bond donors (Lipinski definition) is 0. The highest BCUT2D eigenvalue weighted by Gasteiger charge is 2.31. The van der Waals surface area contributed by atoms with Crippen LogP contribution < -0.4 is 4.74 Å². The quantitative estimate of drug-likeness (QED) is 0.863. The number of halogens is 1. The fraction of sp³-hybridized carbons (Fsp3) is 0.400. The third-order valence-electron chi connectivity index (χ3n) is 3.62. The molecule has 1 atom stereocenters. The number of amides is 1. The molecule has 7 heteroatoms. The molecule has 0 N–H and O–H groups in total. The molecule has 0 spiro atoms. The summed E-state index contributed by atoms with van der Waals surface area (Å²) in [6, 6.07) is 6.02. The normalized spacial score (nSPS) is 17.7. The van der Waals surface area contributed by atoms with Crippen LogP contribution in [0, 0.1) is 12.7 Å². The summed E-state index contributed by atoms with van der Waals surface area (Å²) in [4.78, 5) is 18.0. The highest BCUT2D eigenvalue weighted by Crippen LogP contribution is 2.26. The lowest BCUT2D eigenvalue weighted by Gasteiger charge is -2.16. The Bertz CT molecular complexity index is 674. The van der Waals surface area contributed by atoms with E-state index in [1.165, 1.54) is 12.1 Å². The first-order valence-corrected chi connectivity index (χ1v) is 7.09. The Morgan fingerprint density at radius 3 is 3.05 bits per heavy atom. The molecule has 0 bridgehead atoms. The zero-order valence-corrected chi connectivity index (χ0v) is 12.2. The van der Waals surface area contributed by atoms with Crippen molar-refractivity contribution in [3.8, 4) is 5.75 Å². The van der Waals surface area contributed by atoms with E-state index >= 15 is 0 Å². The summed E-state index contributed by atoms with van der Waals surface area (Å²) in [6.07, 6.45) is 0.771. The van der Waals surface area contributed by atoms with Crippen LogP contribution >= 0.6 is 0 Å². The zero-order valence-electron chi connectivity index (χ0n) is 12.2. The van der Waals surface area contributed by atoms with Gasteiger partial charge >= 0.3 is 0 Å². The van der Waals surface area contributed by atoms with Crippen LogP contribution in [0.5, 0.6) is 5.75 Å². The number of carbonyl (C=O) groups is 1.